The van der Waals surface area contributed by atoms with Crippen molar-refractivity contribution in [1.29, 1.82) is 0 Å². The van der Waals surface area contributed by atoms with Gasteiger partial charge in [0.15, 0.2) is 24.5 Å². The van der Waals surface area contributed by atoms with E-state index in [1.807, 2.05) is 0 Å². The van der Waals surface area contributed by atoms with E-state index in [9.17, 15) is 60.0 Å². The molecule has 0 bridgehead atoms. The van der Waals surface area contributed by atoms with E-state index < -0.39 is 110 Å². The van der Waals surface area contributed by atoms with Gasteiger partial charge >= 0.3 is 11.9 Å². The monoisotopic (exact) mass is 861 g/mol. The fourth-order valence-electron chi connectivity index (χ4n) is 8.06. The lowest BCUT2D eigenvalue weighted by Gasteiger charge is -2.45. The van der Waals surface area contributed by atoms with Gasteiger partial charge < -0.3 is 69.8 Å². The summed E-state index contributed by atoms with van der Waals surface area (Å²) in [5.74, 6) is -3.47. The van der Waals surface area contributed by atoms with Gasteiger partial charge in [0.2, 0.25) is 0 Å². The van der Waals surface area contributed by atoms with Crippen LogP contribution in [-0.4, -0.2) is 162 Å². The van der Waals surface area contributed by atoms with Crippen LogP contribution in [-0.2, 0) is 38.1 Å². The van der Waals surface area contributed by atoms with E-state index in [-0.39, 0.29) is 18.6 Å². The predicted molar refractivity (Wildman–Crippen MR) is 213 cm³/mol. The van der Waals surface area contributed by atoms with Crippen molar-refractivity contribution in [1.82, 2.24) is 4.90 Å². The molecule has 2 fully saturated rings. The number of rotatable bonds is 30. The van der Waals surface area contributed by atoms with E-state index in [1.54, 1.807) is 0 Å². The van der Waals surface area contributed by atoms with Crippen LogP contribution in [0.5, 0.6) is 0 Å². The Bertz CT molecular complexity index is 1360. The van der Waals surface area contributed by atoms with Crippen molar-refractivity contribution in [3.05, 3.63) is 11.3 Å². The molecular formula is C42H71NO17. The maximum atomic E-state index is 12.5. The molecule has 0 aromatic rings. The minimum absolute atomic E-state index is 0.163. The highest BCUT2D eigenvalue weighted by Crippen LogP contribution is 2.31. The summed E-state index contributed by atoms with van der Waals surface area (Å²) in [5, 5.41) is 90.0. The van der Waals surface area contributed by atoms with Crippen LogP contribution in [0.25, 0.3) is 0 Å². The van der Waals surface area contributed by atoms with Crippen LogP contribution in [0.1, 0.15) is 135 Å². The number of carboxylic acids is 2. The van der Waals surface area contributed by atoms with E-state index >= 15 is 0 Å². The van der Waals surface area contributed by atoms with Crippen LogP contribution in [0.4, 0.5) is 0 Å². The number of carbonyl (C=O) groups excluding carboxylic acids is 2. The van der Waals surface area contributed by atoms with Gasteiger partial charge in [-0.25, -0.2) is 4.79 Å². The fraction of sp³-hybridized carbons (Fsp3) is 0.857. The number of nitrogens with zero attached hydrogens (tertiary/aromatic N) is 1. The molecule has 0 aliphatic carbocycles. The van der Waals surface area contributed by atoms with Gasteiger partial charge in [-0.3, -0.25) is 14.4 Å². The van der Waals surface area contributed by atoms with Crippen LogP contribution < -0.4 is 0 Å². The number of carboxylic acid groups (broad SMARTS) is 2. The summed E-state index contributed by atoms with van der Waals surface area (Å²) >= 11 is 0. The average Bonchev–Trinajstić information content (AvgIpc) is 3.41. The molecule has 0 saturated carbocycles. The molecule has 0 aromatic heterocycles. The number of hydrogen-bond donors (Lipinski definition) is 9. The van der Waals surface area contributed by atoms with E-state index in [2.05, 4.69) is 6.92 Å². The quantitative estimate of drug-likeness (QED) is 0.0370. The first kappa shape index (κ1) is 51.6. The summed E-state index contributed by atoms with van der Waals surface area (Å²) in [7, 11) is 1.39. The number of aliphatic carboxylic acids is 2. The molecule has 0 spiro atoms. The van der Waals surface area contributed by atoms with E-state index in [0.717, 1.165) is 62.7 Å². The Balaban J connectivity index is 1.14. The molecule has 0 aromatic carbocycles. The maximum absolute atomic E-state index is 12.5. The van der Waals surface area contributed by atoms with E-state index in [0.29, 0.717) is 18.8 Å². The minimum Gasteiger partial charge on any atom is -0.509 e. The molecule has 3 rings (SSSR count). The van der Waals surface area contributed by atoms with Gasteiger partial charge in [-0.05, 0) is 18.8 Å². The molecule has 18 nitrogen and oxygen atoms in total. The second-order valence-electron chi connectivity index (χ2n) is 16.7. The van der Waals surface area contributed by atoms with Crippen molar-refractivity contribution in [3.63, 3.8) is 0 Å². The lowest BCUT2D eigenvalue weighted by atomic mass is 9.95. The smallest absolute Gasteiger partial charge is 0.335 e. The number of hydrogen-bond acceptors (Lipinski definition) is 15. The normalized spacial score (nSPS) is 30.2. The summed E-state index contributed by atoms with van der Waals surface area (Å²) in [6, 6.07) is -0.989. The van der Waals surface area contributed by atoms with E-state index in [4.69, 9.17) is 24.1 Å². The number of ketones is 1. The van der Waals surface area contributed by atoms with Gasteiger partial charge in [-0.15, -0.1) is 0 Å². The molecule has 18 heteroatoms. The van der Waals surface area contributed by atoms with Crippen LogP contribution in [0.15, 0.2) is 11.3 Å². The Kier molecular flexibility index (Phi) is 22.9. The first-order chi connectivity index (χ1) is 28.6. The molecule has 0 radical (unpaired) electrons. The lowest BCUT2D eigenvalue weighted by Crippen LogP contribution is -2.65. The predicted octanol–water partition coefficient (Wildman–Crippen LogP) is 2.46. The molecule has 1 amide bonds. The number of likely N-dealkylation sites (N-methyl/N-ethyl adjacent to an activating group) is 1. The number of amides is 1. The zero-order valence-electron chi connectivity index (χ0n) is 35.2. The highest BCUT2D eigenvalue weighted by molar-refractivity contribution is 6.21. The van der Waals surface area contributed by atoms with Crippen LogP contribution in [0.3, 0.4) is 0 Å². The summed E-state index contributed by atoms with van der Waals surface area (Å²) in [6.07, 6.45) is 1.92. The third-order valence-electron chi connectivity index (χ3n) is 11.9. The fourth-order valence-corrected chi connectivity index (χ4v) is 8.06. The number of ether oxygens (including phenoxy) is 4. The molecule has 3 aliphatic heterocycles. The van der Waals surface area contributed by atoms with Crippen molar-refractivity contribution in [3.8, 4) is 0 Å². The van der Waals surface area contributed by atoms with Crippen molar-refractivity contribution >= 4 is 23.6 Å². The Labute approximate surface area is 352 Å². The largest absolute Gasteiger partial charge is 0.509 e. The molecule has 3 heterocycles. The van der Waals surface area contributed by atoms with Crippen LogP contribution in [0, 0.1) is 5.92 Å². The lowest BCUT2D eigenvalue weighted by molar-refractivity contribution is -0.354. The van der Waals surface area contributed by atoms with Gasteiger partial charge in [-0.2, -0.15) is 0 Å². The number of Topliss-reactive ketones (excluding diaryl/α,β-unsaturated/α-hetero) is 1. The topological polar surface area (TPSA) is 291 Å². The Hall–Kier alpha value is -2.78. The highest BCUT2D eigenvalue weighted by atomic mass is 16.7. The third-order valence-corrected chi connectivity index (χ3v) is 11.9. The number of unbranched alkanes of at least 4 members (excludes halogenated alkanes) is 14. The molecule has 60 heavy (non-hydrogen) atoms. The third kappa shape index (κ3) is 15.5. The first-order valence-electron chi connectivity index (χ1n) is 21.9. The Morgan fingerprint density at radius 3 is 1.75 bits per heavy atom. The Morgan fingerprint density at radius 1 is 0.700 bits per heavy atom. The van der Waals surface area contributed by atoms with Gasteiger partial charge in [-0.1, -0.05) is 110 Å². The molecule has 12 atom stereocenters. The molecule has 2 saturated heterocycles. The zero-order chi connectivity index (χ0) is 44.4. The van der Waals surface area contributed by atoms with Crippen LogP contribution in [0.2, 0.25) is 0 Å². The summed E-state index contributed by atoms with van der Waals surface area (Å²) in [5.41, 5.74) is -0.265. The second kappa shape index (κ2) is 26.6. The van der Waals surface area contributed by atoms with Crippen molar-refractivity contribution in [2.75, 3.05) is 20.3 Å². The molecule has 12 unspecified atom stereocenters. The number of carbonyl (C=O) groups is 4. The minimum atomic E-state index is -1.84. The average molecular weight is 862 g/mol. The van der Waals surface area contributed by atoms with Gasteiger partial charge in [0.25, 0.3) is 5.91 Å². The van der Waals surface area contributed by atoms with Crippen molar-refractivity contribution < 1.29 is 84.1 Å². The molecule has 346 valence electrons. The van der Waals surface area contributed by atoms with Crippen LogP contribution >= 0.6 is 0 Å². The summed E-state index contributed by atoms with van der Waals surface area (Å²) in [6.45, 7) is 1.74. The standard InChI is InChI=1S/C42H71NO17/c1-25(19-15-11-7-5-3-4-6-8-13-17-21-27(45)30-31(48)26(23-29(46)47)43(2)39(30)54)20-16-12-9-10-14-18-22-57-41-36(53)34(51)37(38(60-41)40(55)56)59-42-35(52)33(50)32(49)28(24-44)58-42/h25-26,28,32-38,41-42,44,48-53H,3-24H2,1-2H3,(H,46,47)(H,55,56). The summed E-state index contributed by atoms with van der Waals surface area (Å²) in [4.78, 5) is 49.0. The van der Waals surface area contributed by atoms with Crippen molar-refractivity contribution in [2.45, 2.75) is 203 Å². The zero-order valence-corrected chi connectivity index (χ0v) is 35.2. The van der Waals surface area contributed by atoms with Gasteiger partial charge in [0.05, 0.1) is 13.0 Å². The van der Waals surface area contributed by atoms with E-state index in [1.165, 1.54) is 52.0 Å². The molecular weight excluding hydrogens is 790 g/mol. The first-order valence-corrected chi connectivity index (χ1v) is 21.9. The Morgan fingerprint density at radius 2 is 1.22 bits per heavy atom. The van der Waals surface area contributed by atoms with Gasteiger partial charge in [0, 0.05) is 20.1 Å². The number of aliphatic hydroxyl groups excluding tert-OH is 7. The van der Waals surface area contributed by atoms with Crippen molar-refractivity contribution in [2.24, 2.45) is 5.92 Å². The SMILES string of the molecule is CC(CCCCCCCCCCCCC(=O)C1=C(O)C(CC(=O)O)N(C)C1=O)CCCCCCCCOC1OC(C(=O)O)C(OC2OC(CO)C(O)C(O)C2O)C(O)C1O. The highest BCUT2D eigenvalue weighted by Gasteiger charge is 2.53. The maximum Gasteiger partial charge on any atom is 0.335 e. The van der Waals surface area contributed by atoms with Gasteiger partial charge in [0.1, 0.15) is 60.1 Å². The molecule has 3 aliphatic rings. The molecule has 9 N–H and O–H groups in total. The second-order valence-corrected chi connectivity index (χ2v) is 16.7. The summed E-state index contributed by atoms with van der Waals surface area (Å²) < 4.78 is 21.7. The number of aliphatic hydroxyl groups is 7.